The van der Waals surface area contributed by atoms with Crippen LogP contribution in [0.5, 0.6) is 0 Å². The van der Waals surface area contributed by atoms with Gasteiger partial charge in [0.05, 0.1) is 22.8 Å². The van der Waals surface area contributed by atoms with Gasteiger partial charge < -0.3 is 15.7 Å². The largest absolute Gasteiger partial charge is 0.387 e. The molecule has 5 nitrogen and oxygen atoms in total. The maximum atomic E-state index is 10.4. The number of nitrogens with zero attached hydrogens (tertiary/aromatic N) is 2. The number of hydrogen-bond donors (Lipinski definition) is 3. The normalized spacial score (nSPS) is 21.1. The number of halogens is 1. The molecule has 1 saturated heterocycles. The van der Waals surface area contributed by atoms with Gasteiger partial charge in [0.1, 0.15) is 0 Å². The van der Waals surface area contributed by atoms with E-state index in [4.69, 9.17) is 0 Å². The summed E-state index contributed by atoms with van der Waals surface area (Å²) >= 11 is 3.56. The summed E-state index contributed by atoms with van der Waals surface area (Å²) < 4.78 is 0. The number of aryl methyl sites for hydroxylation is 2. The second-order valence-electron chi connectivity index (χ2n) is 5.65. The molecule has 1 aliphatic rings. The van der Waals surface area contributed by atoms with Crippen LogP contribution in [0.3, 0.4) is 0 Å². The molecule has 3 N–H and O–H groups in total. The maximum absolute atomic E-state index is 10.4. The van der Waals surface area contributed by atoms with Gasteiger partial charge in [-0.2, -0.15) is 11.8 Å². The van der Waals surface area contributed by atoms with E-state index in [-0.39, 0.29) is 24.0 Å². The summed E-state index contributed by atoms with van der Waals surface area (Å²) in [7, 11) is 0. The molecular weight excluding hydrogens is 443 g/mol. The smallest absolute Gasteiger partial charge is 0.191 e. The molecule has 1 aromatic rings. The van der Waals surface area contributed by atoms with Gasteiger partial charge in [-0.1, -0.05) is 0 Å². The molecule has 0 aromatic carbocycles. The average Bonchev–Trinajstić information content (AvgIpc) is 3.04. The van der Waals surface area contributed by atoms with Crippen molar-refractivity contribution in [1.29, 1.82) is 0 Å². The standard InChI is InChI=1S/C15H26N4OS2.HI/c1-4-16-14(18-9-15(20)6-8-21-10-15)17-7-5-13-19-11(2)12(3)22-13;/h20H,4-10H2,1-3H3,(H2,16,17,18);1H. The lowest BCUT2D eigenvalue weighted by molar-refractivity contribution is 0.0778. The van der Waals surface area contributed by atoms with Crippen LogP contribution in [0.1, 0.15) is 28.9 Å². The summed E-state index contributed by atoms with van der Waals surface area (Å²) in [6.07, 6.45) is 1.72. The van der Waals surface area contributed by atoms with E-state index in [2.05, 4.69) is 34.5 Å². The lowest BCUT2D eigenvalue weighted by atomic mass is 10.1. The van der Waals surface area contributed by atoms with Crippen LogP contribution >= 0.6 is 47.1 Å². The van der Waals surface area contributed by atoms with Crippen molar-refractivity contribution in [2.75, 3.05) is 31.1 Å². The number of thiazole rings is 1. The molecule has 1 fully saturated rings. The van der Waals surface area contributed by atoms with Gasteiger partial charge in [0, 0.05) is 30.1 Å². The van der Waals surface area contributed by atoms with Gasteiger partial charge in [-0.25, -0.2) is 4.98 Å². The Balaban J connectivity index is 0.00000264. The molecule has 0 saturated carbocycles. The second kappa shape index (κ2) is 10.0. The minimum absolute atomic E-state index is 0. The molecule has 132 valence electrons. The Labute approximate surface area is 164 Å². The van der Waals surface area contributed by atoms with Crippen LogP contribution in [-0.2, 0) is 6.42 Å². The van der Waals surface area contributed by atoms with Gasteiger partial charge in [-0.3, -0.25) is 4.99 Å². The fourth-order valence-corrected chi connectivity index (χ4v) is 4.44. The van der Waals surface area contributed by atoms with Crippen molar-refractivity contribution in [2.45, 2.75) is 39.2 Å². The van der Waals surface area contributed by atoms with Crippen molar-refractivity contribution in [3.8, 4) is 0 Å². The lowest BCUT2D eigenvalue weighted by Crippen LogP contribution is -2.40. The molecule has 1 atom stereocenters. The average molecular weight is 470 g/mol. The van der Waals surface area contributed by atoms with Gasteiger partial charge in [0.25, 0.3) is 0 Å². The third-order valence-corrected chi connectivity index (χ3v) is 6.03. The van der Waals surface area contributed by atoms with Crippen LogP contribution in [0.15, 0.2) is 4.99 Å². The predicted octanol–water partition coefficient (Wildman–Crippen LogP) is 2.34. The summed E-state index contributed by atoms with van der Waals surface area (Å²) in [4.78, 5) is 10.4. The fraction of sp³-hybridized carbons (Fsp3) is 0.733. The summed E-state index contributed by atoms with van der Waals surface area (Å²) in [5.41, 5.74) is 0.498. The molecule has 1 aromatic heterocycles. The molecule has 2 rings (SSSR count). The number of guanidine groups is 1. The minimum atomic E-state index is -0.628. The number of aliphatic hydroxyl groups is 1. The molecule has 1 aliphatic heterocycles. The molecule has 0 amide bonds. The first-order chi connectivity index (χ1) is 10.5. The van der Waals surface area contributed by atoms with Gasteiger partial charge in [0.15, 0.2) is 5.96 Å². The summed E-state index contributed by atoms with van der Waals surface area (Å²) in [6, 6.07) is 0. The summed E-state index contributed by atoms with van der Waals surface area (Å²) in [6.45, 7) is 8.28. The molecule has 0 aliphatic carbocycles. The fourth-order valence-electron chi connectivity index (χ4n) is 2.22. The van der Waals surface area contributed by atoms with Crippen LogP contribution in [-0.4, -0.2) is 52.8 Å². The summed E-state index contributed by atoms with van der Waals surface area (Å²) in [5.74, 6) is 2.59. The SMILES string of the molecule is CCNC(=NCC1(O)CCSC1)NCCc1nc(C)c(C)s1.I. The van der Waals surface area contributed by atoms with Crippen LogP contribution in [0.4, 0.5) is 0 Å². The Kier molecular flexibility index (Phi) is 9.17. The first-order valence-corrected chi connectivity index (χ1v) is 9.75. The van der Waals surface area contributed by atoms with Crippen molar-refractivity contribution in [2.24, 2.45) is 4.99 Å². The van der Waals surface area contributed by atoms with Gasteiger partial charge in [-0.05, 0) is 32.9 Å². The third-order valence-electron chi connectivity index (χ3n) is 3.66. The van der Waals surface area contributed by atoms with Crippen molar-refractivity contribution < 1.29 is 5.11 Å². The highest BCUT2D eigenvalue weighted by molar-refractivity contribution is 14.0. The van der Waals surface area contributed by atoms with E-state index in [1.54, 1.807) is 23.1 Å². The quantitative estimate of drug-likeness (QED) is 0.338. The predicted molar refractivity (Wildman–Crippen MR) is 112 cm³/mol. The van der Waals surface area contributed by atoms with Gasteiger partial charge in [-0.15, -0.1) is 35.3 Å². The molecule has 0 spiro atoms. The highest BCUT2D eigenvalue weighted by atomic mass is 127. The van der Waals surface area contributed by atoms with Crippen molar-refractivity contribution in [3.63, 3.8) is 0 Å². The molecule has 0 radical (unpaired) electrons. The van der Waals surface area contributed by atoms with Crippen molar-refractivity contribution in [1.82, 2.24) is 15.6 Å². The van der Waals surface area contributed by atoms with Crippen LogP contribution in [0.2, 0.25) is 0 Å². The van der Waals surface area contributed by atoms with Gasteiger partial charge >= 0.3 is 0 Å². The molecular formula is C15H27IN4OS2. The first-order valence-electron chi connectivity index (χ1n) is 7.77. The number of aromatic nitrogens is 1. The van der Waals surface area contributed by atoms with Crippen molar-refractivity contribution in [3.05, 3.63) is 15.6 Å². The Morgan fingerprint density at radius 2 is 2.17 bits per heavy atom. The zero-order valence-corrected chi connectivity index (χ0v) is 18.0. The van der Waals surface area contributed by atoms with E-state index in [9.17, 15) is 5.11 Å². The minimum Gasteiger partial charge on any atom is -0.387 e. The molecule has 8 heteroatoms. The zero-order chi connectivity index (χ0) is 16.0. The Bertz CT molecular complexity index is 496. The Hall–Kier alpha value is -0.0600. The van der Waals surface area contributed by atoms with Crippen molar-refractivity contribution >= 4 is 53.0 Å². The van der Waals surface area contributed by atoms with E-state index >= 15 is 0 Å². The lowest BCUT2D eigenvalue weighted by Gasteiger charge is -2.19. The van der Waals surface area contributed by atoms with E-state index in [1.165, 1.54) is 4.88 Å². The molecule has 0 bridgehead atoms. The highest BCUT2D eigenvalue weighted by Gasteiger charge is 2.31. The number of rotatable bonds is 6. The van der Waals surface area contributed by atoms with Gasteiger partial charge in [0.2, 0.25) is 0 Å². The maximum Gasteiger partial charge on any atom is 0.191 e. The first kappa shape index (κ1) is 21.0. The molecule has 2 heterocycles. The molecule has 23 heavy (non-hydrogen) atoms. The Morgan fingerprint density at radius 1 is 1.39 bits per heavy atom. The van der Waals surface area contributed by atoms with E-state index in [0.29, 0.717) is 6.54 Å². The van der Waals surface area contributed by atoms with E-state index < -0.39 is 5.60 Å². The van der Waals surface area contributed by atoms with Crippen LogP contribution in [0.25, 0.3) is 0 Å². The number of aliphatic imine (C=N–C) groups is 1. The highest BCUT2D eigenvalue weighted by Crippen LogP contribution is 2.27. The Morgan fingerprint density at radius 3 is 2.74 bits per heavy atom. The van der Waals surface area contributed by atoms with E-state index in [1.807, 2.05) is 6.92 Å². The second-order valence-corrected chi connectivity index (χ2v) is 8.04. The number of thioether (sulfide) groups is 1. The topological polar surface area (TPSA) is 69.5 Å². The zero-order valence-electron chi connectivity index (χ0n) is 14.0. The molecule has 1 unspecified atom stereocenters. The van der Waals surface area contributed by atoms with Crippen LogP contribution < -0.4 is 10.6 Å². The van der Waals surface area contributed by atoms with E-state index in [0.717, 1.165) is 54.1 Å². The number of nitrogens with one attached hydrogen (secondary N) is 2. The van der Waals surface area contributed by atoms with Crippen LogP contribution in [0, 0.1) is 13.8 Å². The number of hydrogen-bond acceptors (Lipinski definition) is 5. The third kappa shape index (κ3) is 6.75. The monoisotopic (exact) mass is 470 g/mol. The summed E-state index contributed by atoms with van der Waals surface area (Å²) in [5, 5.41) is 18.1.